The van der Waals surface area contributed by atoms with Gasteiger partial charge >= 0.3 is 0 Å². The van der Waals surface area contributed by atoms with Crippen molar-refractivity contribution in [3.8, 4) is 12.3 Å². The van der Waals surface area contributed by atoms with Crippen molar-refractivity contribution >= 4 is 5.91 Å². The fourth-order valence-corrected chi connectivity index (χ4v) is 3.98. The van der Waals surface area contributed by atoms with Crippen LogP contribution in [0, 0.1) is 17.8 Å². The molecule has 1 atom stereocenters. The number of likely N-dealkylation sites (N-methyl/N-ethyl adjacent to an activating group) is 1. The van der Waals surface area contributed by atoms with E-state index >= 15 is 0 Å². The van der Waals surface area contributed by atoms with E-state index in [2.05, 4.69) is 24.9 Å². The van der Waals surface area contributed by atoms with Crippen LogP contribution in [-0.4, -0.2) is 62.1 Å². The summed E-state index contributed by atoms with van der Waals surface area (Å²) in [5.41, 5.74) is 1.68. The van der Waals surface area contributed by atoms with Gasteiger partial charge in [0.2, 0.25) is 0 Å². The lowest BCUT2D eigenvalue weighted by atomic mass is 9.75. The van der Waals surface area contributed by atoms with Gasteiger partial charge in [-0.3, -0.25) is 4.79 Å². The van der Waals surface area contributed by atoms with E-state index in [1.165, 1.54) is 0 Å². The summed E-state index contributed by atoms with van der Waals surface area (Å²) in [7, 11) is 4.22. The maximum Gasteiger partial charge on any atom is 0.253 e. The normalized spacial score (nSPS) is 23.2. The number of nitrogens with zero attached hydrogens (tertiary/aromatic N) is 2. The Kier molecular flexibility index (Phi) is 4.43. The van der Waals surface area contributed by atoms with E-state index in [1.54, 1.807) is 0 Å². The van der Waals surface area contributed by atoms with Gasteiger partial charge in [0.15, 0.2) is 0 Å². The number of terminal acetylenes is 1. The van der Waals surface area contributed by atoms with Crippen LogP contribution in [0.15, 0.2) is 24.3 Å². The van der Waals surface area contributed by atoms with Gasteiger partial charge in [-0.1, -0.05) is 5.92 Å². The molecule has 3 rings (SSSR count). The molecule has 1 amide bonds. The number of rotatable bonds is 2. The Morgan fingerprint density at radius 1 is 1.30 bits per heavy atom. The van der Waals surface area contributed by atoms with Crippen molar-refractivity contribution < 1.29 is 9.53 Å². The number of benzene rings is 1. The van der Waals surface area contributed by atoms with Crippen molar-refractivity contribution in [1.82, 2.24) is 9.80 Å². The first-order valence-corrected chi connectivity index (χ1v) is 8.16. The molecule has 2 aliphatic rings. The average Bonchev–Trinajstić information content (AvgIpc) is 2.94. The van der Waals surface area contributed by atoms with Crippen LogP contribution in [0.4, 0.5) is 0 Å². The molecule has 2 saturated heterocycles. The van der Waals surface area contributed by atoms with Crippen LogP contribution in [0.1, 0.15) is 28.8 Å². The first kappa shape index (κ1) is 16.0. The predicted molar refractivity (Wildman–Crippen MR) is 90.2 cm³/mol. The fraction of sp³-hybridized carbons (Fsp3) is 0.526. The van der Waals surface area contributed by atoms with Gasteiger partial charge in [-0.05, 0) is 51.2 Å². The predicted octanol–water partition coefficient (Wildman–Crippen LogP) is 1.85. The molecular formula is C19H24N2O2. The Balaban J connectivity index is 1.80. The summed E-state index contributed by atoms with van der Waals surface area (Å²) in [6, 6.07) is 7.71. The molecule has 0 bridgehead atoms. The lowest BCUT2D eigenvalue weighted by molar-refractivity contribution is -0.00816. The van der Waals surface area contributed by atoms with Crippen LogP contribution in [0.25, 0.3) is 0 Å². The van der Waals surface area contributed by atoms with E-state index in [4.69, 9.17) is 11.2 Å². The molecule has 4 nitrogen and oxygen atoms in total. The molecule has 2 aliphatic heterocycles. The maximum atomic E-state index is 12.9. The smallest absolute Gasteiger partial charge is 0.253 e. The molecule has 0 radical (unpaired) electrons. The molecule has 2 heterocycles. The lowest BCUT2D eigenvalue weighted by Crippen LogP contribution is -2.46. The second-order valence-electron chi connectivity index (χ2n) is 6.86. The van der Waals surface area contributed by atoms with E-state index < -0.39 is 0 Å². The number of carbonyl (C=O) groups excluding carboxylic acids is 1. The summed E-state index contributed by atoms with van der Waals surface area (Å²) in [5.74, 6) is 2.69. The van der Waals surface area contributed by atoms with Gasteiger partial charge < -0.3 is 14.5 Å². The van der Waals surface area contributed by atoms with E-state index in [9.17, 15) is 4.79 Å². The molecule has 0 aliphatic carbocycles. The first-order valence-electron chi connectivity index (χ1n) is 8.16. The van der Waals surface area contributed by atoms with Gasteiger partial charge in [0, 0.05) is 48.9 Å². The van der Waals surface area contributed by atoms with Gasteiger partial charge in [-0.2, -0.15) is 0 Å². The average molecular weight is 312 g/mol. The van der Waals surface area contributed by atoms with Crippen LogP contribution in [0.2, 0.25) is 0 Å². The summed E-state index contributed by atoms with van der Waals surface area (Å²) in [4.78, 5) is 17.1. The second-order valence-corrected chi connectivity index (χ2v) is 6.86. The lowest BCUT2D eigenvalue weighted by Gasteiger charge is -2.40. The van der Waals surface area contributed by atoms with Gasteiger partial charge in [0.25, 0.3) is 5.91 Å². The van der Waals surface area contributed by atoms with E-state index in [-0.39, 0.29) is 11.3 Å². The number of carbonyl (C=O) groups is 1. The summed E-state index contributed by atoms with van der Waals surface area (Å²) in [6.45, 7) is 3.18. The summed E-state index contributed by atoms with van der Waals surface area (Å²) in [5, 5.41) is 0. The largest absolute Gasteiger partial charge is 0.381 e. The van der Waals surface area contributed by atoms with E-state index in [1.807, 2.05) is 29.2 Å². The third-order valence-corrected chi connectivity index (χ3v) is 5.30. The number of hydrogen-bond acceptors (Lipinski definition) is 3. The second kappa shape index (κ2) is 6.35. The highest BCUT2D eigenvalue weighted by molar-refractivity contribution is 5.94. The van der Waals surface area contributed by atoms with Gasteiger partial charge in [-0.25, -0.2) is 0 Å². The first-order chi connectivity index (χ1) is 11.1. The summed E-state index contributed by atoms with van der Waals surface area (Å²) < 4.78 is 5.55. The molecule has 2 fully saturated rings. The molecule has 1 aromatic rings. The zero-order valence-electron chi connectivity index (χ0n) is 13.9. The zero-order chi connectivity index (χ0) is 16.4. The highest BCUT2D eigenvalue weighted by Crippen LogP contribution is 2.42. The fourth-order valence-electron chi connectivity index (χ4n) is 3.98. The van der Waals surface area contributed by atoms with Crippen LogP contribution < -0.4 is 0 Å². The Labute approximate surface area is 138 Å². The van der Waals surface area contributed by atoms with Crippen molar-refractivity contribution in [3.63, 3.8) is 0 Å². The van der Waals surface area contributed by atoms with Gasteiger partial charge in [0.1, 0.15) is 0 Å². The van der Waals surface area contributed by atoms with Crippen LogP contribution in [-0.2, 0) is 4.74 Å². The maximum absolute atomic E-state index is 12.9. The van der Waals surface area contributed by atoms with Crippen molar-refractivity contribution in [2.45, 2.75) is 18.9 Å². The molecule has 0 N–H and O–H groups in total. The van der Waals surface area contributed by atoms with Crippen molar-refractivity contribution in [2.75, 3.05) is 40.4 Å². The minimum Gasteiger partial charge on any atom is -0.381 e. The highest BCUT2D eigenvalue weighted by atomic mass is 16.5. The third kappa shape index (κ3) is 2.99. The molecule has 1 aromatic carbocycles. The van der Waals surface area contributed by atoms with Crippen LogP contribution in [0.3, 0.4) is 0 Å². The topological polar surface area (TPSA) is 32.8 Å². The Hall–Kier alpha value is -1.83. The monoisotopic (exact) mass is 312 g/mol. The summed E-state index contributed by atoms with van der Waals surface area (Å²) >= 11 is 0. The number of amides is 1. The van der Waals surface area contributed by atoms with Crippen molar-refractivity contribution in [2.24, 2.45) is 5.41 Å². The Morgan fingerprint density at radius 3 is 2.52 bits per heavy atom. The third-order valence-electron chi connectivity index (χ3n) is 5.30. The number of likely N-dealkylation sites (tertiary alicyclic amines) is 1. The molecule has 4 heteroatoms. The van der Waals surface area contributed by atoms with Gasteiger partial charge in [0.05, 0.1) is 0 Å². The van der Waals surface area contributed by atoms with Gasteiger partial charge in [-0.15, -0.1) is 6.42 Å². The van der Waals surface area contributed by atoms with Crippen LogP contribution in [0.5, 0.6) is 0 Å². The highest BCUT2D eigenvalue weighted by Gasteiger charge is 2.49. The minimum atomic E-state index is 0.101. The molecule has 0 saturated carbocycles. The quantitative estimate of drug-likeness (QED) is 0.781. The van der Waals surface area contributed by atoms with Crippen molar-refractivity contribution in [3.05, 3.63) is 35.4 Å². The Morgan fingerprint density at radius 2 is 1.96 bits per heavy atom. The van der Waals surface area contributed by atoms with Crippen LogP contribution >= 0.6 is 0 Å². The number of hydrogen-bond donors (Lipinski definition) is 0. The molecular weight excluding hydrogens is 288 g/mol. The SMILES string of the molecule is C#Cc1ccc(C(=O)N2CC(N(C)C)C3(CCOCC3)C2)cc1. The molecule has 1 unspecified atom stereocenters. The van der Waals surface area contributed by atoms with E-state index in [0.29, 0.717) is 11.6 Å². The molecule has 23 heavy (non-hydrogen) atoms. The zero-order valence-corrected chi connectivity index (χ0v) is 13.9. The standard InChI is InChI=1S/C19H24N2O2/c1-4-15-5-7-16(8-6-15)18(22)21-13-17(20(2)3)19(14-21)9-11-23-12-10-19/h1,5-8,17H,9-14H2,2-3H3. The minimum absolute atomic E-state index is 0.101. The van der Waals surface area contributed by atoms with Crippen molar-refractivity contribution in [1.29, 1.82) is 0 Å². The number of ether oxygens (including phenoxy) is 1. The molecule has 1 spiro atoms. The summed E-state index contributed by atoms with van der Waals surface area (Å²) in [6.07, 6.45) is 7.43. The molecule has 122 valence electrons. The molecule has 0 aromatic heterocycles. The Bertz CT molecular complexity index is 609. The van der Waals surface area contributed by atoms with E-state index in [0.717, 1.165) is 44.7 Å².